The molecule has 0 saturated heterocycles. The Kier molecular flexibility index (Phi) is 6.09. The second kappa shape index (κ2) is 8.05. The molecule has 1 amide bonds. The average Bonchev–Trinajstić information content (AvgIpc) is 3.03. The van der Waals surface area contributed by atoms with Gasteiger partial charge in [0.15, 0.2) is 5.82 Å². The molecule has 3 N–H and O–H groups in total. The molecule has 2 aromatic rings. The van der Waals surface area contributed by atoms with E-state index in [4.69, 9.17) is 26.6 Å². The van der Waals surface area contributed by atoms with Gasteiger partial charge in [-0.25, -0.2) is 0 Å². The lowest BCUT2D eigenvalue weighted by atomic mass is 10.2. The molecule has 0 spiro atoms. The molecular weight excluding hydrogens is 320 g/mol. The van der Waals surface area contributed by atoms with Crippen molar-refractivity contribution in [2.75, 3.05) is 13.7 Å². The predicted molar refractivity (Wildman–Crippen MR) is 85.8 cm³/mol. The van der Waals surface area contributed by atoms with E-state index in [0.717, 1.165) is 5.56 Å². The van der Waals surface area contributed by atoms with Crippen LogP contribution in [0.1, 0.15) is 25.2 Å². The number of nitrogens with zero attached hydrogens (tertiary/aromatic N) is 2. The molecule has 2 atom stereocenters. The summed E-state index contributed by atoms with van der Waals surface area (Å²) in [6.07, 6.45) is -0.128. The van der Waals surface area contributed by atoms with Gasteiger partial charge in [0.25, 0.3) is 5.89 Å². The topological polar surface area (TPSA) is 103 Å². The third kappa shape index (κ3) is 4.75. The highest BCUT2D eigenvalue weighted by Crippen LogP contribution is 2.21. The van der Waals surface area contributed by atoms with E-state index >= 15 is 0 Å². The molecule has 0 aliphatic heterocycles. The third-order valence-electron chi connectivity index (χ3n) is 3.31. The molecule has 0 saturated carbocycles. The van der Waals surface area contributed by atoms with E-state index in [-0.39, 0.29) is 31.0 Å². The van der Waals surface area contributed by atoms with E-state index in [1.165, 1.54) is 7.11 Å². The summed E-state index contributed by atoms with van der Waals surface area (Å²) in [4.78, 5) is 16.2. The molecule has 2 unspecified atom stereocenters. The largest absolute Gasteiger partial charge is 0.380 e. The number of hydrogen-bond donors (Lipinski definition) is 2. The second-order valence-electron chi connectivity index (χ2n) is 5.05. The average molecular weight is 339 g/mol. The standard InChI is InChI=1S/C15H19ClN4O3/c1-9(18-13(21)7-12(8-17)22-2)14-19-15(23-20-14)10-3-5-11(16)6-4-10/h3-6,9,12H,7-8,17H2,1-2H3,(H,18,21). The van der Waals surface area contributed by atoms with E-state index in [1.54, 1.807) is 31.2 Å². The molecule has 0 radical (unpaired) electrons. The Morgan fingerprint density at radius 3 is 2.74 bits per heavy atom. The Hall–Kier alpha value is -1.96. The van der Waals surface area contributed by atoms with Gasteiger partial charge in [-0.05, 0) is 31.2 Å². The highest BCUT2D eigenvalue weighted by atomic mass is 35.5. The summed E-state index contributed by atoms with van der Waals surface area (Å²) in [5.41, 5.74) is 6.26. The van der Waals surface area contributed by atoms with Crippen LogP contribution in [0, 0.1) is 0 Å². The number of ether oxygens (including phenoxy) is 1. The van der Waals surface area contributed by atoms with Gasteiger partial charge >= 0.3 is 0 Å². The zero-order chi connectivity index (χ0) is 16.8. The number of halogens is 1. The first-order chi connectivity index (χ1) is 11.0. The van der Waals surface area contributed by atoms with Crippen LogP contribution >= 0.6 is 11.6 Å². The number of nitrogens with one attached hydrogen (secondary N) is 1. The Labute approximate surface area is 139 Å². The fraction of sp³-hybridized carbons (Fsp3) is 0.400. The Morgan fingerprint density at radius 2 is 2.13 bits per heavy atom. The SMILES string of the molecule is COC(CN)CC(=O)NC(C)c1noc(-c2ccc(Cl)cc2)n1. The van der Waals surface area contributed by atoms with Gasteiger partial charge in [0.1, 0.15) is 0 Å². The fourth-order valence-electron chi connectivity index (χ4n) is 1.96. The number of amides is 1. The van der Waals surface area contributed by atoms with Gasteiger partial charge in [-0.2, -0.15) is 4.98 Å². The molecule has 0 aliphatic carbocycles. The van der Waals surface area contributed by atoms with Crippen molar-refractivity contribution in [2.45, 2.75) is 25.5 Å². The third-order valence-corrected chi connectivity index (χ3v) is 3.56. The van der Waals surface area contributed by atoms with Crippen LogP contribution in [0.25, 0.3) is 11.5 Å². The first kappa shape index (κ1) is 17.4. The molecule has 0 bridgehead atoms. The van der Waals surface area contributed by atoms with Crippen molar-refractivity contribution in [2.24, 2.45) is 5.73 Å². The minimum Gasteiger partial charge on any atom is -0.380 e. The lowest BCUT2D eigenvalue weighted by Crippen LogP contribution is -2.33. The van der Waals surface area contributed by atoms with Crippen LogP contribution in [0.4, 0.5) is 0 Å². The minimum absolute atomic E-state index is 0.180. The molecule has 0 fully saturated rings. The van der Waals surface area contributed by atoms with E-state index in [0.29, 0.717) is 16.7 Å². The highest BCUT2D eigenvalue weighted by molar-refractivity contribution is 6.30. The summed E-state index contributed by atoms with van der Waals surface area (Å²) in [6, 6.07) is 6.66. The minimum atomic E-state index is -0.386. The molecule has 23 heavy (non-hydrogen) atoms. The Bertz CT molecular complexity index is 640. The molecule has 124 valence electrons. The highest BCUT2D eigenvalue weighted by Gasteiger charge is 2.19. The monoisotopic (exact) mass is 338 g/mol. The van der Waals surface area contributed by atoms with Crippen LogP contribution in [0.5, 0.6) is 0 Å². The van der Waals surface area contributed by atoms with Crippen LogP contribution in [0.2, 0.25) is 5.02 Å². The summed E-state index contributed by atoms with van der Waals surface area (Å²) < 4.78 is 10.3. The summed E-state index contributed by atoms with van der Waals surface area (Å²) in [5, 5.41) is 7.31. The lowest BCUT2D eigenvalue weighted by Gasteiger charge is -2.14. The zero-order valence-electron chi connectivity index (χ0n) is 13.0. The number of hydrogen-bond acceptors (Lipinski definition) is 6. The maximum absolute atomic E-state index is 11.9. The quantitative estimate of drug-likeness (QED) is 0.799. The summed E-state index contributed by atoms with van der Waals surface area (Å²) in [6.45, 7) is 2.06. The van der Waals surface area contributed by atoms with Crippen LogP contribution in [-0.4, -0.2) is 35.8 Å². The van der Waals surface area contributed by atoms with Gasteiger partial charge in [0, 0.05) is 24.2 Å². The van der Waals surface area contributed by atoms with Crippen LogP contribution < -0.4 is 11.1 Å². The fourth-order valence-corrected chi connectivity index (χ4v) is 2.08. The maximum atomic E-state index is 11.9. The molecule has 0 aliphatic rings. The van der Waals surface area contributed by atoms with Gasteiger partial charge in [0.05, 0.1) is 18.6 Å². The zero-order valence-corrected chi connectivity index (χ0v) is 13.7. The number of carbonyl (C=O) groups is 1. The molecule has 1 aromatic heterocycles. The smallest absolute Gasteiger partial charge is 0.257 e. The van der Waals surface area contributed by atoms with E-state index in [9.17, 15) is 4.79 Å². The summed E-state index contributed by atoms with van der Waals surface area (Å²) in [7, 11) is 1.52. The molecule has 1 aromatic carbocycles. The molecular formula is C15H19ClN4O3. The van der Waals surface area contributed by atoms with E-state index < -0.39 is 0 Å². The van der Waals surface area contributed by atoms with Crippen molar-refractivity contribution in [1.82, 2.24) is 15.5 Å². The predicted octanol–water partition coefficient (Wildman–Crippen LogP) is 1.93. The number of nitrogens with two attached hydrogens (primary N) is 1. The first-order valence-corrected chi connectivity index (χ1v) is 7.53. The van der Waals surface area contributed by atoms with Crippen molar-refractivity contribution in [3.63, 3.8) is 0 Å². The summed E-state index contributed by atoms with van der Waals surface area (Å²) >= 11 is 5.84. The number of benzene rings is 1. The van der Waals surface area contributed by atoms with Crippen LogP contribution in [0.15, 0.2) is 28.8 Å². The van der Waals surface area contributed by atoms with Crippen molar-refractivity contribution >= 4 is 17.5 Å². The molecule has 7 nitrogen and oxygen atoms in total. The number of methoxy groups -OCH3 is 1. The Balaban J connectivity index is 1.99. The number of aromatic nitrogens is 2. The summed E-state index contributed by atoms with van der Waals surface area (Å²) in [5.74, 6) is 0.576. The number of rotatable bonds is 7. The normalized spacial score (nSPS) is 13.6. The Morgan fingerprint density at radius 1 is 1.43 bits per heavy atom. The second-order valence-corrected chi connectivity index (χ2v) is 5.49. The molecule has 2 rings (SSSR count). The first-order valence-electron chi connectivity index (χ1n) is 7.15. The van der Waals surface area contributed by atoms with E-state index in [2.05, 4.69) is 15.5 Å². The van der Waals surface area contributed by atoms with E-state index in [1.807, 2.05) is 0 Å². The van der Waals surface area contributed by atoms with Gasteiger partial charge in [0.2, 0.25) is 5.91 Å². The maximum Gasteiger partial charge on any atom is 0.257 e. The van der Waals surface area contributed by atoms with Crippen molar-refractivity contribution in [3.8, 4) is 11.5 Å². The van der Waals surface area contributed by atoms with Gasteiger partial charge < -0.3 is 20.3 Å². The molecule has 1 heterocycles. The van der Waals surface area contributed by atoms with Crippen molar-refractivity contribution in [1.29, 1.82) is 0 Å². The van der Waals surface area contributed by atoms with Crippen molar-refractivity contribution < 1.29 is 14.1 Å². The van der Waals surface area contributed by atoms with Gasteiger partial charge in [-0.3, -0.25) is 4.79 Å². The number of carbonyl (C=O) groups excluding carboxylic acids is 1. The van der Waals surface area contributed by atoms with Crippen molar-refractivity contribution in [3.05, 3.63) is 35.1 Å². The van der Waals surface area contributed by atoms with Crippen LogP contribution in [-0.2, 0) is 9.53 Å². The van der Waals surface area contributed by atoms with Crippen LogP contribution in [0.3, 0.4) is 0 Å². The lowest BCUT2D eigenvalue weighted by molar-refractivity contribution is -0.124. The van der Waals surface area contributed by atoms with Gasteiger partial charge in [-0.15, -0.1) is 0 Å². The van der Waals surface area contributed by atoms with Gasteiger partial charge in [-0.1, -0.05) is 16.8 Å². The molecule has 8 heteroatoms.